The van der Waals surface area contributed by atoms with Crippen molar-refractivity contribution in [1.82, 2.24) is 10.2 Å². The van der Waals surface area contributed by atoms with Crippen molar-refractivity contribution < 1.29 is 9.47 Å². The minimum Gasteiger partial charge on any atom is -0.381 e. The zero-order valence-electron chi connectivity index (χ0n) is 14.2. The van der Waals surface area contributed by atoms with E-state index in [-0.39, 0.29) is 5.60 Å². The fourth-order valence-corrected chi connectivity index (χ4v) is 3.45. The summed E-state index contributed by atoms with van der Waals surface area (Å²) in [5, 5.41) is 3.53. The largest absolute Gasteiger partial charge is 0.381 e. The van der Waals surface area contributed by atoms with Crippen LogP contribution in [0.1, 0.15) is 24.0 Å². The van der Waals surface area contributed by atoms with Crippen molar-refractivity contribution in [1.29, 1.82) is 0 Å². The molecule has 5 heteroatoms. The molecule has 1 fully saturated rings. The van der Waals surface area contributed by atoms with E-state index in [1.807, 2.05) is 7.05 Å². The van der Waals surface area contributed by atoms with Gasteiger partial charge < -0.3 is 19.7 Å². The minimum absolute atomic E-state index is 0.137. The van der Waals surface area contributed by atoms with Gasteiger partial charge in [-0.1, -0.05) is 24.3 Å². The summed E-state index contributed by atoms with van der Waals surface area (Å²) in [6, 6.07) is 8.67. The van der Waals surface area contributed by atoms with Gasteiger partial charge in [-0.05, 0) is 17.5 Å². The molecule has 0 amide bonds. The third-order valence-electron chi connectivity index (χ3n) is 5.05. The number of fused-ring (bicyclic) bond motifs is 1. The highest BCUT2D eigenvalue weighted by Gasteiger charge is 2.33. The van der Waals surface area contributed by atoms with Gasteiger partial charge in [0.05, 0.1) is 5.60 Å². The molecular formula is C18H27N3O2. The molecule has 0 aromatic heterocycles. The highest BCUT2D eigenvalue weighted by Crippen LogP contribution is 2.24. The Kier molecular flexibility index (Phi) is 5.18. The number of aliphatic imine (C=N–C) groups is 1. The molecule has 0 bridgehead atoms. The van der Waals surface area contributed by atoms with Crippen LogP contribution in [0.2, 0.25) is 0 Å². The van der Waals surface area contributed by atoms with Gasteiger partial charge in [-0.3, -0.25) is 4.99 Å². The highest BCUT2D eigenvalue weighted by atomic mass is 16.5. The molecule has 0 saturated carbocycles. The molecule has 0 unspecified atom stereocenters. The van der Waals surface area contributed by atoms with Gasteiger partial charge in [-0.15, -0.1) is 0 Å². The lowest BCUT2D eigenvalue weighted by molar-refractivity contribution is -0.0857. The number of methoxy groups -OCH3 is 1. The van der Waals surface area contributed by atoms with Crippen LogP contribution >= 0.6 is 0 Å². The lowest BCUT2D eigenvalue weighted by Gasteiger charge is -2.38. The fraction of sp³-hybridized carbons (Fsp3) is 0.611. The predicted molar refractivity (Wildman–Crippen MR) is 91.7 cm³/mol. The number of guanidine groups is 1. The molecule has 23 heavy (non-hydrogen) atoms. The van der Waals surface area contributed by atoms with Crippen LogP contribution in [0.25, 0.3) is 0 Å². The summed E-state index contributed by atoms with van der Waals surface area (Å²) in [5.41, 5.74) is 2.72. The van der Waals surface area contributed by atoms with Crippen LogP contribution in [0.5, 0.6) is 0 Å². The maximum Gasteiger partial charge on any atom is 0.194 e. The first-order valence-electron chi connectivity index (χ1n) is 8.42. The number of nitrogens with one attached hydrogen (secondary N) is 1. The summed E-state index contributed by atoms with van der Waals surface area (Å²) in [6.45, 7) is 4.23. The number of nitrogens with zero attached hydrogens (tertiary/aromatic N) is 2. The van der Waals surface area contributed by atoms with E-state index in [1.54, 1.807) is 7.11 Å². The molecule has 0 aliphatic carbocycles. The van der Waals surface area contributed by atoms with E-state index in [2.05, 4.69) is 39.5 Å². The summed E-state index contributed by atoms with van der Waals surface area (Å²) in [7, 11) is 3.65. The monoisotopic (exact) mass is 317 g/mol. The highest BCUT2D eigenvalue weighted by molar-refractivity contribution is 5.80. The van der Waals surface area contributed by atoms with Gasteiger partial charge in [0.1, 0.15) is 0 Å². The second kappa shape index (κ2) is 7.32. The van der Waals surface area contributed by atoms with E-state index >= 15 is 0 Å². The number of benzene rings is 1. The second-order valence-corrected chi connectivity index (χ2v) is 6.34. The summed E-state index contributed by atoms with van der Waals surface area (Å²) in [5.74, 6) is 0.961. The maximum atomic E-state index is 5.80. The van der Waals surface area contributed by atoms with Gasteiger partial charge in [0.15, 0.2) is 5.96 Å². The van der Waals surface area contributed by atoms with Crippen molar-refractivity contribution in [3.63, 3.8) is 0 Å². The lowest BCUT2D eigenvalue weighted by atomic mass is 9.94. The van der Waals surface area contributed by atoms with Gasteiger partial charge in [-0.2, -0.15) is 0 Å². The molecule has 0 spiro atoms. The van der Waals surface area contributed by atoms with Crippen molar-refractivity contribution in [2.75, 3.05) is 40.5 Å². The van der Waals surface area contributed by atoms with Gasteiger partial charge in [0.2, 0.25) is 0 Å². The minimum atomic E-state index is -0.137. The second-order valence-electron chi connectivity index (χ2n) is 6.34. The summed E-state index contributed by atoms with van der Waals surface area (Å²) in [4.78, 5) is 6.80. The van der Waals surface area contributed by atoms with Gasteiger partial charge in [-0.25, -0.2) is 0 Å². The summed E-state index contributed by atoms with van der Waals surface area (Å²) in [6.07, 6.45) is 2.92. The third-order valence-corrected chi connectivity index (χ3v) is 5.05. The quantitative estimate of drug-likeness (QED) is 0.682. The zero-order chi connectivity index (χ0) is 16.1. The first-order valence-corrected chi connectivity index (χ1v) is 8.42. The Bertz CT molecular complexity index is 553. The Balaban J connectivity index is 1.62. The summed E-state index contributed by atoms with van der Waals surface area (Å²) >= 11 is 0. The molecular weight excluding hydrogens is 290 g/mol. The number of rotatable bonds is 3. The van der Waals surface area contributed by atoms with E-state index in [4.69, 9.17) is 9.47 Å². The Labute approximate surface area is 138 Å². The Morgan fingerprint density at radius 3 is 2.74 bits per heavy atom. The molecule has 5 nitrogen and oxygen atoms in total. The number of hydrogen-bond donors (Lipinski definition) is 1. The average Bonchev–Trinajstić information content (AvgIpc) is 2.63. The van der Waals surface area contributed by atoms with Gasteiger partial charge >= 0.3 is 0 Å². The van der Waals surface area contributed by atoms with E-state index in [0.717, 1.165) is 58.1 Å². The van der Waals surface area contributed by atoms with Crippen molar-refractivity contribution in [3.05, 3.63) is 35.4 Å². The van der Waals surface area contributed by atoms with Crippen molar-refractivity contribution in [2.24, 2.45) is 4.99 Å². The number of hydrogen-bond acceptors (Lipinski definition) is 3. The molecule has 1 aromatic carbocycles. The molecule has 0 radical (unpaired) electrons. The number of ether oxygens (including phenoxy) is 2. The molecule has 0 atom stereocenters. The summed E-state index contributed by atoms with van der Waals surface area (Å²) < 4.78 is 11.3. The molecule has 2 aliphatic heterocycles. The van der Waals surface area contributed by atoms with Crippen molar-refractivity contribution >= 4 is 5.96 Å². The van der Waals surface area contributed by atoms with E-state index in [1.165, 1.54) is 11.1 Å². The molecule has 1 saturated heterocycles. The van der Waals surface area contributed by atoms with Crippen LogP contribution in [-0.2, 0) is 22.4 Å². The van der Waals surface area contributed by atoms with Crippen LogP contribution in [0.4, 0.5) is 0 Å². The normalized spacial score (nSPS) is 21.0. The van der Waals surface area contributed by atoms with E-state index < -0.39 is 0 Å². The molecule has 1 aromatic rings. The predicted octanol–water partition coefficient (Wildman–Crippen LogP) is 1.82. The molecule has 2 aliphatic rings. The molecule has 2 heterocycles. The van der Waals surface area contributed by atoms with Crippen LogP contribution in [-0.4, -0.2) is 56.9 Å². The first-order chi connectivity index (χ1) is 11.3. The van der Waals surface area contributed by atoms with Crippen LogP contribution in [0, 0.1) is 0 Å². The topological polar surface area (TPSA) is 46.1 Å². The van der Waals surface area contributed by atoms with Crippen LogP contribution < -0.4 is 5.32 Å². The molecule has 126 valence electrons. The molecule has 3 rings (SSSR count). The smallest absolute Gasteiger partial charge is 0.194 e. The first kappa shape index (κ1) is 16.3. The van der Waals surface area contributed by atoms with Crippen molar-refractivity contribution in [2.45, 2.75) is 31.4 Å². The average molecular weight is 317 g/mol. The van der Waals surface area contributed by atoms with Crippen LogP contribution in [0.15, 0.2) is 29.3 Å². The van der Waals surface area contributed by atoms with Crippen LogP contribution in [0.3, 0.4) is 0 Å². The van der Waals surface area contributed by atoms with Crippen molar-refractivity contribution in [3.8, 4) is 0 Å². The fourth-order valence-electron chi connectivity index (χ4n) is 3.45. The standard InChI is InChI=1S/C18H27N3O2/c1-19-17(20-14-18(22-2)8-11-23-12-9-18)21-10-7-15-5-3-4-6-16(15)13-21/h3-6H,7-14H2,1-2H3,(H,19,20). The van der Waals surface area contributed by atoms with E-state index in [0.29, 0.717) is 0 Å². The Hall–Kier alpha value is -1.59. The maximum absolute atomic E-state index is 5.80. The lowest BCUT2D eigenvalue weighted by Crippen LogP contribution is -2.52. The van der Waals surface area contributed by atoms with Gasteiger partial charge in [0, 0.05) is 59.8 Å². The van der Waals surface area contributed by atoms with Gasteiger partial charge in [0.25, 0.3) is 0 Å². The third kappa shape index (κ3) is 3.67. The SMILES string of the molecule is CN=C(NCC1(OC)CCOCC1)N1CCc2ccccc2C1. The zero-order valence-corrected chi connectivity index (χ0v) is 14.2. The Morgan fingerprint density at radius 1 is 1.30 bits per heavy atom. The van der Waals surface area contributed by atoms with E-state index in [9.17, 15) is 0 Å². The molecule has 1 N–H and O–H groups in total. The Morgan fingerprint density at radius 2 is 2.04 bits per heavy atom.